The molecule has 1 heterocycles. The average molecular weight is 304 g/mol. The SMILES string of the molecule is CCN1c2ccccc2C=C[C@@H]1c1cc(Cl)cc(Cl)c1. The van der Waals surface area contributed by atoms with Gasteiger partial charge in [-0.2, -0.15) is 0 Å². The maximum atomic E-state index is 6.13. The third-order valence-corrected chi connectivity index (χ3v) is 4.04. The van der Waals surface area contributed by atoms with Crippen LogP contribution in [-0.2, 0) is 0 Å². The zero-order chi connectivity index (χ0) is 14.1. The lowest BCUT2D eigenvalue weighted by Gasteiger charge is -2.35. The van der Waals surface area contributed by atoms with E-state index in [9.17, 15) is 0 Å². The molecular weight excluding hydrogens is 289 g/mol. The van der Waals surface area contributed by atoms with E-state index in [0.29, 0.717) is 10.0 Å². The van der Waals surface area contributed by atoms with Gasteiger partial charge in [-0.15, -0.1) is 0 Å². The summed E-state index contributed by atoms with van der Waals surface area (Å²) in [6, 6.07) is 14.3. The van der Waals surface area contributed by atoms with E-state index in [2.05, 4.69) is 48.2 Å². The molecule has 0 aliphatic carbocycles. The minimum atomic E-state index is 0.172. The van der Waals surface area contributed by atoms with Gasteiger partial charge in [0.05, 0.1) is 6.04 Å². The largest absolute Gasteiger partial charge is 0.361 e. The predicted molar refractivity (Wildman–Crippen MR) is 87.7 cm³/mol. The van der Waals surface area contributed by atoms with Crippen molar-refractivity contribution in [1.82, 2.24) is 0 Å². The van der Waals surface area contributed by atoms with Crippen LogP contribution in [-0.4, -0.2) is 6.54 Å². The second-order valence-corrected chi connectivity index (χ2v) is 5.72. The minimum absolute atomic E-state index is 0.172. The van der Waals surface area contributed by atoms with Crippen LogP contribution in [0.5, 0.6) is 0 Å². The van der Waals surface area contributed by atoms with Gasteiger partial charge in [-0.05, 0) is 42.3 Å². The highest BCUT2D eigenvalue weighted by Gasteiger charge is 2.22. The highest BCUT2D eigenvalue weighted by Crippen LogP contribution is 2.37. The summed E-state index contributed by atoms with van der Waals surface area (Å²) in [4.78, 5) is 2.36. The molecule has 0 aromatic heterocycles. The Bertz CT molecular complexity index is 644. The summed E-state index contributed by atoms with van der Waals surface area (Å²) >= 11 is 12.3. The molecule has 0 saturated carbocycles. The molecule has 0 N–H and O–H groups in total. The Kier molecular flexibility index (Phi) is 3.73. The number of fused-ring (bicyclic) bond motifs is 1. The molecule has 0 unspecified atom stereocenters. The first kappa shape index (κ1) is 13.5. The van der Waals surface area contributed by atoms with Crippen molar-refractivity contribution in [3.05, 3.63) is 69.7 Å². The van der Waals surface area contributed by atoms with Crippen LogP contribution >= 0.6 is 23.2 Å². The molecular formula is C17H15Cl2N. The van der Waals surface area contributed by atoms with Crippen LogP contribution in [0.25, 0.3) is 6.08 Å². The fourth-order valence-electron chi connectivity index (χ4n) is 2.74. The highest BCUT2D eigenvalue weighted by molar-refractivity contribution is 6.34. The quantitative estimate of drug-likeness (QED) is 0.699. The maximum absolute atomic E-state index is 6.13. The third-order valence-electron chi connectivity index (χ3n) is 3.61. The van der Waals surface area contributed by atoms with Gasteiger partial charge < -0.3 is 4.90 Å². The summed E-state index contributed by atoms with van der Waals surface area (Å²) in [5.41, 5.74) is 3.62. The van der Waals surface area contributed by atoms with E-state index in [-0.39, 0.29) is 6.04 Å². The van der Waals surface area contributed by atoms with E-state index in [1.54, 1.807) is 6.07 Å². The van der Waals surface area contributed by atoms with Gasteiger partial charge >= 0.3 is 0 Å². The number of para-hydroxylation sites is 1. The van der Waals surface area contributed by atoms with Gasteiger partial charge in [0, 0.05) is 22.3 Å². The van der Waals surface area contributed by atoms with E-state index in [4.69, 9.17) is 23.2 Å². The van der Waals surface area contributed by atoms with Crippen molar-refractivity contribution in [1.29, 1.82) is 0 Å². The molecule has 0 bridgehead atoms. The maximum Gasteiger partial charge on any atom is 0.0730 e. The van der Waals surface area contributed by atoms with E-state index < -0.39 is 0 Å². The standard InChI is InChI=1S/C17H15Cl2N/c1-2-20-16-6-4-3-5-12(16)7-8-17(20)13-9-14(18)11-15(19)10-13/h3-11,17H,2H2,1H3/t17-/m1/s1. The summed E-state index contributed by atoms with van der Waals surface area (Å²) in [6.45, 7) is 3.09. The molecule has 1 atom stereocenters. The summed E-state index contributed by atoms with van der Waals surface area (Å²) in [6.07, 6.45) is 4.37. The average Bonchev–Trinajstić information content (AvgIpc) is 2.45. The molecule has 2 aromatic rings. The van der Waals surface area contributed by atoms with Crippen LogP contribution in [0, 0.1) is 0 Å². The fourth-order valence-corrected chi connectivity index (χ4v) is 3.29. The molecule has 1 aliphatic rings. The van der Waals surface area contributed by atoms with Crippen LogP contribution in [0.2, 0.25) is 10.0 Å². The second-order valence-electron chi connectivity index (χ2n) is 4.85. The first-order valence-corrected chi connectivity index (χ1v) is 7.44. The Morgan fingerprint density at radius 1 is 1.05 bits per heavy atom. The number of hydrogen-bond acceptors (Lipinski definition) is 1. The number of benzene rings is 2. The van der Waals surface area contributed by atoms with Gasteiger partial charge in [0.25, 0.3) is 0 Å². The zero-order valence-electron chi connectivity index (χ0n) is 11.2. The summed E-state index contributed by atoms with van der Waals surface area (Å²) in [5.74, 6) is 0. The normalized spacial score (nSPS) is 17.1. The van der Waals surface area contributed by atoms with Crippen molar-refractivity contribution in [2.75, 3.05) is 11.4 Å². The number of likely N-dealkylation sites (N-methyl/N-ethyl adjacent to an activating group) is 1. The van der Waals surface area contributed by atoms with Crippen LogP contribution in [0.15, 0.2) is 48.5 Å². The summed E-state index contributed by atoms with van der Waals surface area (Å²) < 4.78 is 0. The molecule has 20 heavy (non-hydrogen) atoms. The molecule has 102 valence electrons. The molecule has 1 nitrogen and oxygen atoms in total. The molecule has 0 saturated heterocycles. The van der Waals surface area contributed by atoms with Crippen molar-refractivity contribution in [2.24, 2.45) is 0 Å². The zero-order valence-corrected chi connectivity index (χ0v) is 12.7. The Balaban J connectivity index is 2.07. The van der Waals surface area contributed by atoms with E-state index in [0.717, 1.165) is 12.1 Å². The van der Waals surface area contributed by atoms with Crippen molar-refractivity contribution < 1.29 is 0 Å². The van der Waals surface area contributed by atoms with E-state index in [1.807, 2.05) is 12.1 Å². The van der Waals surface area contributed by atoms with Gasteiger partial charge in [0.2, 0.25) is 0 Å². The molecule has 0 radical (unpaired) electrons. The highest BCUT2D eigenvalue weighted by atomic mass is 35.5. The Morgan fingerprint density at radius 2 is 1.75 bits per heavy atom. The molecule has 0 fully saturated rings. The second kappa shape index (κ2) is 5.51. The monoisotopic (exact) mass is 303 g/mol. The molecule has 2 aromatic carbocycles. The van der Waals surface area contributed by atoms with Crippen LogP contribution in [0.4, 0.5) is 5.69 Å². The van der Waals surface area contributed by atoms with E-state index >= 15 is 0 Å². The predicted octanol–water partition coefficient (Wildman–Crippen LogP) is 5.59. The Hall–Kier alpha value is -1.44. The number of anilines is 1. The lowest BCUT2D eigenvalue weighted by molar-refractivity contribution is 0.742. The first-order valence-electron chi connectivity index (χ1n) is 6.69. The van der Waals surface area contributed by atoms with Gasteiger partial charge in [-0.3, -0.25) is 0 Å². The Morgan fingerprint density at radius 3 is 2.45 bits per heavy atom. The smallest absolute Gasteiger partial charge is 0.0730 e. The Labute approximate surface area is 129 Å². The lowest BCUT2D eigenvalue weighted by atomic mass is 9.97. The van der Waals surface area contributed by atoms with Crippen LogP contribution in [0.3, 0.4) is 0 Å². The molecule has 3 rings (SSSR count). The van der Waals surface area contributed by atoms with Gasteiger partial charge in [-0.25, -0.2) is 0 Å². The lowest BCUT2D eigenvalue weighted by Crippen LogP contribution is -2.29. The van der Waals surface area contributed by atoms with Crippen molar-refractivity contribution >= 4 is 35.0 Å². The van der Waals surface area contributed by atoms with Crippen molar-refractivity contribution in [3.8, 4) is 0 Å². The molecule has 0 spiro atoms. The van der Waals surface area contributed by atoms with Crippen LogP contribution in [0.1, 0.15) is 24.1 Å². The van der Waals surface area contributed by atoms with Gasteiger partial charge in [-0.1, -0.05) is 53.6 Å². The minimum Gasteiger partial charge on any atom is -0.361 e. The van der Waals surface area contributed by atoms with Gasteiger partial charge in [0.1, 0.15) is 0 Å². The number of halogens is 2. The molecule has 3 heteroatoms. The number of rotatable bonds is 2. The van der Waals surface area contributed by atoms with Gasteiger partial charge in [0.15, 0.2) is 0 Å². The summed E-state index contributed by atoms with van der Waals surface area (Å²) in [5, 5.41) is 1.35. The third kappa shape index (κ3) is 2.44. The molecule has 0 amide bonds. The van der Waals surface area contributed by atoms with Crippen molar-refractivity contribution in [2.45, 2.75) is 13.0 Å². The fraction of sp³-hybridized carbons (Fsp3) is 0.176. The number of hydrogen-bond donors (Lipinski definition) is 0. The number of nitrogens with zero attached hydrogens (tertiary/aromatic N) is 1. The molecule has 1 aliphatic heterocycles. The topological polar surface area (TPSA) is 3.24 Å². The first-order chi connectivity index (χ1) is 9.69. The summed E-state index contributed by atoms with van der Waals surface area (Å²) in [7, 11) is 0. The van der Waals surface area contributed by atoms with Crippen molar-refractivity contribution in [3.63, 3.8) is 0 Å². The van der Waals surface area contributed by atoms with Crippen LogP contribution < -0.4 is 4.90 Å². The van der Waals surface area contributed by atoms with E-state index in [1.165, 1.54) is 11.3 Å².